The van der Waals surface area contributed by atoms with E-state index < -0.39 is 11.7 Å². The first kappa shape index (κ1) is 12.7. The first-order chi connectivity index (χ1) is 7.26. The van der Waals surface area contributed by atoms with E-state index in [0.717, 1.165) is 0 Å². The van der Waals surface area contributed by atoms with Gasteiger partial charge >= 0.3 is 6.09 Å². The Labute approximate surface area is 99.2 Å². The summed E-state index contributed by atoms with van der Waals surface area (Å²) < 4.78 is 5.07. The third-order valence-corrected chi connectivity index (χ3v) is 1.63. The largest absolute Gasteiger partial charge is 0.444 e. The molecule has 6 heteroatoms. The molecule has 0 radical (unpaired) electrons. The van der Waals surface area contributed by atoms with Gasteiger partial charge in [0.1, 0.15) is 22.4 Å². The summed E-state index contributed by atoms with van der Waals surface area (Å²) in [4.78, 5) is 19.3. The van der Waals surface area contributed by atoms with Crippen LogP contribution in [0.15, 0.2) is 6.07 Å². The van der Waals surface area contributed by atoms with Crippen molar-refractivity contribution in [2.24, 2.45) is 0 Å². The van der Waals surface area contributed by atoms with Gasteiger partial charge in [-0.15, -0.1) is 0 Å². The average Bonchev–Trinajstić information content (AvgIpc) is 1.96. The number of amides is 1. The smallest absolute Gasteiger partial charge is 0.413 e. The highest BCUT2D eigenvalue weighted by Gasteiger charge is 2.16. The molecule has 1 aromatic heterocycles. The van der Waals surface area contributed by atoms with Crippen LogP contribution in [0.25, 0.3) is 0 Å². The van der Waals surface area contributed by atoms with Crippen molar-refractivity contribution in [1.82, 2.24) is 9.97 Å². The minimum Gasteiger partial charge on any atom is -0.444 e. The van der Waals surface area contributed by atoms with Crippen molar-refractivity contribution in [3.05, 3.63) is 17.0 Å². The normalized spacial score (nSPS) is 11.1. The Hall–Kier alpha value is -1.36. The van der Waals surface area contributed by atoms with Crippen LogP contribution < -0.4 is 5.32 Å². The number of carbonyl (C=O) groups excluding carboxylic acids is 1. The molecule has 1 rings (SSSR count). The molecule has 1 N–H and O–H groups in total. The number of aryl methyl sites for hydroxylation is 1. The number of nitrogens with one attached hydrogen (secondary N) is 1. The number of aromatic nitrogens is 2. The molecule has 1 aromatic rings. The van der Waals surface area contributed by atoms with Crippen LogP contribution in [0.2, 0.25) is 5.15 Å². The van der Waals surface area contributed by atoms with Crippen LogP contribution in [-0.4, -0.2) is 21.7 Å². The molecule has 1 amide bonds. The van der Waals surface area contributed by atoms with Crippen molar-refractivity contribution >= 4 is 23.5 Å². The van der Waals surface area contributed by atoms with Crippen molar-refractivity contribution in [2.75, 3.05) is 5.32 Å². The van der Waals surface area contributed by atoms with Crippen LogP contribution in [0, 0.1) is 6.92 Å². The second-order valence-electron chi connectivity index (χ2n) is 4.25. The maximum atomic E-state index is 11.4. The molecule has 0 unspecified atom stereocenters. The van der Waals surface area contributed by atoms with E-state index in [1.807, 2.05) is 0 Å². The van der Waals surface area contributed by atoms with E-state index in [-0.39, 0.29) is 5.15 Å². The SMILES string of the molecule is Cc1nc(Cl)cc(NC(=O)OC(C)(C)C)n1. The number of hydrogen-bond acceptors (Lipinski definition) is 4. The highest BCUT2D eigenvalue weighted by molar-refractivity contribution is 6.29. The Balaban J connectivity index is 2.70. The quantitative estimate of drug-likeness (QED) is 0.771. The molecular formula is C10H14ClN3O2. The van der Waals surface area contributed by atoms with E-state index in [0.29, 0.717) is 11.6 Å². The van der Waals surface area contributed by atoms with E-state index in [4.69, 9.17) is 16.3 Å². The molecule has 0 aromatic carbocycles. The number of ether oxygens (including phenoxy) is 1. The van der Waals surface area contributed by atoms with Crippen LogP contribution in [0.3, 0.4) is 0 Å². The molecular weight excluding hydrogens is 230 g/mol. The molecule has 0 bridgehead atoms. The van der Waals surface area contributed by atoms with E-state index in [1.54, 1.807) is 27.7 Å². The summed E-state index contributed by atoms with van der Waals surface area (Å²) in [5, 5.41) is 2.76. The maximum absolute atomic E-state index is 11.4. The second-order valence-corrected chi connectivity index (χ2v) is 4.64. The van der Waals surface area contributed by atoms with E-state index in [9.17, 15) is 4.79 Å². The molecule has 1 heterocycles. The Morgan fingerprint density at radius 3 is 2.56 bits per heavy atom. The molecule has 0 aliphatic carbocycles. The van der Waals surface area contributed by atoms with E-state index in [2.05, 4.69) is 15.3 Å². The predicted molar refractivity (Wildman–Crippen MR) is 61.6 cm³/mol. The summed E-state index contributed by atoms with van der Waals surface area (Å²) in [5.41, 5.74) is -0.546. The number of anilines is 1. The van der Waals surface area contributed by atoms with Crippen LogP contribution in [-0.2, 0) is 4.74 Å². The van der Waals surface area contributed by atoms with Crippen LogP contribution in [0.4, 0.5) is 10.6 Å². The Bertz CT molecular complexity index is 381. The van der Waals surface area contributed by atoms with E-state index >= 15 is 0 Å². The molecule has 88 valence electrons. The fraction of sp³-hybridized carbons (Fsp3) is 0.500. The monoisotopic (exact) mass is 243 g/mol. The van der Waals surface area contributed by atoms with Gasteiger partial charge < -0.3 is 4.74 Å². The standard InChI is InChI=1S/C10H14ClN3O2/c1-6-12-7(11)5-8(13-6)14-9(15)16-10(2,3)4/h5H,1-4H3,(H,12,13,14,15). The summed E-state index contributed by atoms with van der Waals surface area (Å²) in [6.45, 7) is 7.03. The van der Waals surface area contributed by atoms with Crippen molar-refractivity contribution in [3.8, 4) is 0 Å². The molecule has 0 saturated carbocycles. The van der Waals surface area contributed by atoms with Gasteiger partial charge in [0.15, 0.2) is 0 Å². The zero-order valence-corrected chi connectivity index (χ0v) is 10.4. The summed E-state index contributed by atoms with van der Waals surface area (Å²) in [6.07, 6.45) is -0.568. The zero-order valence-electron chi connectivity index (χ0n) is 9.67. The summed E-state index contributed by atoms with van der Waals surface area (Å²) in [6, 6.07) is 1.46. The Morgan fingerprint density at radius 2 is 2.06 bits per heavy atom. The molecule has 0 aliphatic heterocycles. The fourth-order valence-corrected chi connectivity index (χ4v) is 1.23. The summed E-state index contributed by atoms with van der Waals surface area (Å²) >= 11 is 5.72. The minimum absolute atomic E-state index is 0.276. The first-order valence-corrected chi connectivity index (χ1v) is 5.15. The second kappa shape index (κ2) is 4.65. The maximum Gasteiger partial charge on any atom is 0.413 e. The molecule has 0 spiro atoms. The van der Waals surface area contributed by atoms with Gasteiger partial charge in [0.2, 0.25) is 0 Å². The summed E-state index contributed by atoms with van der Waals surface area (Å²) in [7, 11) is 0. The zero-order chi connectivity index (χ0) is 12.3. The topological polar surface area (TPSA) is 64.1 Å². The molecule has 0 aliphatic rings. The first-order valence-electron chi connectivity index (χ1n) is 4.77. The molecule has 0 fully saturated rings. The molecule has 16 heavy (non-hydrogen) atoms. The van der Waals surface area contributed by atoms with Gasteiger partial charge in [0.05, 0.1) is 0 Å². The molecule has 0 atom stereocenters. The van der Waals surface area contributed by atoms with Crippen molar-refractivity contribution in [1.29, 1.82) is 0 Å². The lowest BCUT2D eigenvalue weighted by Crippen LogP contribution is -2.27. The number of hydrogen-bond donors (Lipinski definition) is 1. The highest BCUT2D eigenvalue weighted by Crippen LogP contribution is 2.13. The van der Waals surface area contributed by atoms with Crippen molar-refractivity contribution < 1.29 is 9.53 Å². The summed E-state index contributed by atoms with van der Waals surface area (Å²) in [5.74, 6) is 0.810. The van der Waals surface area contributed by atoms with Crippen LogP contribution in [0.5, 0.6) is 0 Å². The van der Waals surface area contributed by atoms with Crippen molar-refractivity contribution in [2.45, 2.75) is 33.3 Å². The third kappa shape index (κ3) is 4.44. The molecule has 0 saturated heterocycles. The van der Waals surface area contributed by atoms with Gasteiger partial charge in [-0.3, -0.25) is 5.32 Å². The number of carbonyl (C=O) groups is 1. The average molecular weight is 244 g/mol. The molecule has 5 nitrogen and oxygen atoms in total. The van der Waals surface area contributed by atoms with Crippen LogP contribution >= 0.6 is 11.6 Å². The van der Waals surface area contributed by atoms with Gasteiger partial charge in [-0.05, 0) is 27.7 Å². The Morgan fingerprint density at radius 1 is 1.44 bits per heavy atom. The third-order valence-electron chi connectivity index (χ3n) is 1.44. The number of rotatable bonds is 1. The minimum atomic E-state index is -0.568. The highest BCUT2D eigenvalue weighted by atomic mass is 35.5. The van der Waals surface area contributed by atoms with Gasteiger partial charge in [-0.25, -0.2) is 14.8 Å². The van der Waals surface area contributed by atoms with Gasteiger partial charge in [-0.1, -0.05) is 11.6 Å². The van der Waals surface area contributed by atoms with Gasteiger partial charge in [0, 0.05) is 6.07 Å². The Kier molecular flexibility index (Phi) is 3.70. The van der Waals surface area contributed by atoms with E-state index in [1.165, 1.54) is 6.07 Å². The van der Waals surface area contributed by atoms with Gasteiger partial charge in [-0.2, -0.15) is 0 Å². The number of nitrogens with zero attached hydrogens (tertiary/aromatic N) is 2. The van der Waals surface area contributed by atoms with Crippen LogP contribution in [0.1, 0.15) is 26.6 Å². The number of halogens is 1. The lowest BCUT2D eigenvalue weighted by atomic mass is 10.2. The van der Waals surface area contributed by atoms with Gasteiger partial charge in [0.25, 0.3) is 0 Å². The van der Waals surface area contributed by atoms with Crippen molar-refractivity contribution in [3.63, 3.8) is 0 Å². The lowest BCUT2D eigenvalue weighted by Gasteiger charge is -2.19. The fourth-order valence-electron chi connectivity index (χ4n) is 1.00. The predicted octanol–water partition coefficient (Wildman–Crippen LogP) is 2.79. The lowest BCUT2D eigenvalue weighted by molar-refractivity contribution is 0.0635.